The van der Waals surface area contributed by atoms with Crippen LogP contribution in [0.1, 0.15) is 26.7 Å². The van der Waals surface area contributed by atoms with E-state index >= 15 is 0 Å². The minimum Gasteiger partial charge on any atom is -0.303 e. The quantitative estimate of drug-likeness (QED) is 0.569. The molecule has 0 bridgehead atoms. The molecule has 0 aliphatic carbocycles. The van der Waals surface area contributed by atoms with Gasteiger partial charge in [0, 0.05) is 19.1 Å². The van der Waals surface area contributed by atoms with E-state index in [1.54, 1.807) is 0 Å². The van der Waals surface area contributed by atoms with Crippen molar-refractivity contribution in [1.29, 1.82) is 0 Å². The third kappa shape index (κ3) is 2.42. The number of nitrogens with zero attached hydrogens (tertiary/aromatic N) is 2. The standard InChI is InChI=1S/C8H17N3.C2H6/c1-10-4-2-7-6-11(9)5-3-8(7)10;1-2/h7-8H,2-6,9H2,1H3;1-2H3. The largest absolute Gasteiger partial charge is 0.303 e. The first-order valence-corrected chi connectivity index (χ1v) is 5.47. The summed E-state index contributed by atoms with van der Waals surface area (Å²) in [5, 5.41) is 1.97. The molecule has 13 heavy (non-hydrogen) atoms. The average molecular weight is 185 g/mol. The lowest BCUT2D eigenvalue weighted by Gasteiger charge is -2.34. The molecule has 2 atom stereocenters. The molecule has 2 aliphatic heterocycles. The summed E-state index contributed by atoms with van der Waals surface area (Å²) in [5.74, 6) is 6.60. The second-order valence-corrected chi connectivity index (χ2v) is 3.88. The molecule has 0 aromatic heterocycles. The molecular formula is C10H23N3. The van der Waals surface area contributed by atoms with Crippen LogP contribution in [0.25, 0.3) is 0 Å². The van der Waals surface area contributed by atoms with Crippen molar-refractivity contribution in [2.24, 2.45) is 11.8 Å². The number of nitrogens with two attached hydrogens (primary N) is 1. The van der Waals surface area contributed by atoms with E-state index in [9.17, 15) is 0 Å². The number of hydrazine groups is 1. The average Bonchev–Trinajstić information content (AvgIpc) is 2.51. The normalized spacial score (nSPS) is 35.1. The summed E-state index contributed by atoms with van der Waals surface area (Å²) in [4.78, 5) is 2.48. The maximum Gasteiger partial charge on any atom is 0.0172 e. The van der Waals surface area contributed by atoms with Gasteiger partial charge >= 0.3 is 0 Å². The van der Waals surface area contributed by atoms with E-state index in [0.29, 0.717) is 0 Å². The minimum absolute atomic E-state index is 0.829. The van der Waals surface area contributed by atoms with E-state index in [2.05, 4.69) is 11.9 Å². The molecule has 2 saturated heterocycles. The van der Waals surface area contributed by atoms with Crippen molar-refractivity contribution in [2.45, 2.75) is 32.7 Å². The zero-order valence-corrected chi connectivity index (χ0v) is 9.16. The van der Waals surface area contributed by atoms with Crippen LogP contribution in [0.15, 0.2) is 0 Å². The highest BCUT2D eigenvalue weighted by molar-refractivity contribution is 4.89. The Morgan fingerprint density at radius 1 is 1.15 bits per heavy atom. The summed E-state index contributed by atoms with van der Waals surface area (Å²) in [7, 11) is 2.23. The lowest BCUT2D eigenvalue weighted by molar-refractivity contribution is 0.125. The third-order valence-corrected chi connectivity index (χ3v) is 3.14. The first-order chi connectivity index (χ1) is 6.27. The van der Waals surface area contributed by atoms with Gasteiger partial charge in [-0.05, 0) is 32.4 Å². The van der Waals surface area contributed by atoms with Crippen LogP contribution in [0.4, 0.5) is 0 Å². The van der Waals surface area contributed by atoms with Crippen molar-refractivity contribution in [2.75, 3.05) is 26.7 Å². The van der Waals surface area contributed by atoms with Gasteiger partial charge in [0.15, 0.2) is 0 Å². The van der Waals surface area contributed by atoms with E-state index in [1.165, 1.54) is 19.4 Å². The van der Waals surface area contributed by atoms with Crippen molar-refractivity contribution in [3.63, 3.8) is 0 Å². The maximum absolute atomic E-state index is 5.75. The molecule has 3 heteroatoms. The van der Waals surface area contributed by atoms with Gasteiger partial charge in [-0.1, -0.05) is 13.8 Å². The molecule has 2 rings (SSSR count). The number of rotatable bonds is 0. The number of likely N-dealkylation sites (tertiary alicyclic amines) is 1. The summed E-state index contributed by atoms with van der Waals surface area (Å²) < 4.78 is 0. The van der Waals surface area contributed by atoms with Gasteiger partial charge in [0.05, 0.1) is 0 Å². The SMILES string of the molecule is CC.CN1CCC2CN(N)CCC21. The van der Waals surface area contributed by atoms with Gasteiger partial charge < -0.3 is 4.90 Å². The topological polar surface area (TPSA) is 32.5 Å². The predicted molar refractivity (Wildman–Crippen MR) is 56.3 cm³/mol. The fourth-order valence-corrected chi connectivity index (χ4v) is 2.45. The number of fused-ring (bicyclic) bond motifs is 1. The first kappa shape index (κ1) is 11.0. The van der Waals surface area contributed by atoms with Gasteiger partial charge in [-0.25, -0.2) is 5.01 Å². The molecule has 78 valence electrons. The zero-order valence-electron chi connectivity index (χ0n) is 9.16. The summed E-state index contributed by atoms with van der Waals surface area (Å²) in [6.45, 7) is 7.45. The minimum atomic E-state index is 0.829. The van der Waals surface area contributed by atoms with Gasteiger partial charge in [-0.3, -0.25) is 5.84 Å². The second kappa shape index (κ2) is 4.94. The highest BCUT2D eigenvalue weighted by Crippen LogP contribution is 2.28. The molecule has 2 unspecified atom stereocenters. The second-order valence-electron chi connectivity index (χ2n) is 3.88. The van der Waals surface area contributed by atoms with E-state index < -0.39 is 0 Å². The number of hydrogen-bond acceptors (Lipinski definition) is 3. The molecular weight excluding hydrogens is 162 g/mol. The van der Waals surface area contributed by atoms with E-state index in [0.717, 1.165) is 25.0 Å². The third-order valence-electron chi connectivity index (χ3n) is 3.14. The zero-order chi connectivity index (χ0) is 9.84. The molecule has 2 fully saturated rings. The van der Waals surface area contributed by atoms with Crippen molar-refractivity contribution in [3.8, 4) is 0 Å². The number of hydrogen-bond donors (Lipinski definition) is 1. The van der Waals surface area contributed by atoms with Crippen LogP contribution in [0.2, 0.25) is 0 Å². The van der Waals surface area contributed by atoms with Gasteiger partial charge in [0.1, 0.15) is 0 Å². The Bertz CT molecular complexity index is 149. The summed E-state index contributed by atoms with van der Waals surface area (Å²) in [5.41, 5.74) is 0. The van der Waals surface area contributed by atoms with Crippen LogP contribution < -0.4 is 5.84 Å². The Labute approximate surface area is 81.8 Å². The van der Waals surface area contributed by atoms with Crippen LogP contribution in [-0.2, 0) is 0 Å². The van der Waals surface area contributed by atoms with E-state index in [1.807, 2.05) is 18.9 Å². The van der Waals surface area contributed by atoms with Crippen molar-refractivity contribution < 1.29 is 0 Å². The van der Waals surface area contributed by atoms with Crippen molar-refractivity contribution in [3.05, 3.63) is 0 Å². The molecule has 2 aliphatic rings. The highest BCUT2D eigenvalue weighted by Gasteiger charge is 2.35. The van der Waals surface area contributed by atoms with Gasteiger partial charge in [-0.2, -0.15) is 0 Å². The predicted octanol–water partition coefficient (Wildman–Crippen LogP) is 0.912. The van der Waals surface area contributed by atoms with Gasteiger partial charge in [0.25, 0.3) is 0 Å². The summed E-state index contributed by atoms with van der Waals surface area (Å²) in [6.07, 6.45) is 2.60. The summed E-state index contributed by atoms with van der Waals surface area (Å²) >= 11 is 0. The molecule has 2 heterocycles. The Kier molecular flexibility index (Phi) is 4.16. The first-order valence-electron chi connectivity index (χ1n) is 5.47. The lowest BCUT2D eigenvalue weighted by atomic mass is 9.94. The van der Waals surface area contributed by atoms with Crippen LogP contribution in [-0.4, -0.2) is 42.6 Å². The molecule has 3 nitrogen and oxygen atoms in total. The highest BCUT2D eigenvalue weighted by atomic mass is 15.4. The molecule has 0 radical (unpaired) electrons. The molecule has 0 aromatic rings. The molecule has 0 spiro atoms. The van der Waals surface area contributed by atoms with Crippen LogP contribution in [0, 0.1) is 5.92 Å². The molecule has 0 amide bonds. The smallest absolute Gasteiger partial charge is 0.0172 e. The van der Waals surface area contributed by atoms with Crippen molar-refractivity contribution in [1.82, 2.24) is 9.91 Å². The molecule has 0 saturated carbocycles. The maximum atomic E-state index is 5.75. The van der Waals surface area contributed by atoms with Gasteiger partial charge in [-0.15, -0.1) is 0 Å². The number of piperidine rings is 1. The molecule has 2 N–H and O–H groups in total. The fourth-order valence-electron chi connectivity index (χ4n) is 2.45. The van der Waals surface area contributed by atoms with Crippen LogP contribution in [0.5, 0.6) is 0 Å². The Morgan fingerprint density at radius 3 is 2.54 bits per heavy atom. The molecule has 0 aromatic carbocycles. The fraction of sp³-hybridized carbons (Fsp3) is 1.00. The van der Waals surface area contributed by atoms with E-state index in [-0.39, 0.29) is 0 Å². The Balaban J connectivity index is 0.000000396. The lowest BCUT2D eigenvalue weighted by Crippen LogP contribution is -2.47. The summed E-state index contributed by atoms with van der Waals surface area (Å²) in [6, 6.07) is 0.829. The monoisotopic (exact) mass is 185 g/mol. The van der Waals surface area contributed by atoms with Crippen LogP contribution in [0.3, 0.4) is 0 Å². The Hall–Kier alpha value is -0.120. The van der Waals surface area contributed by atoms with E-state index in [4.69, 9.17) is 5.84 Å². The van der Waals surface area contributed by atoms with Crippen LogP contribution >= 0.6 is 0 Å². The Morgan fingerprint density at radius 2 is 1.85 bits per heavy atom. The van der Waals surface area contributed by atoms with Crippen molar-refractivity contribution >= 4 is 0 Å². The van der Waals surface area contributed by atoms with Gasteiger partial charge in [0.2, 0.25) is 0 Å².